The molecule has 11 nitrogen and oxygen atoms in total. The van der Waals surface area contributed by atoms with E-state index in [-0.39, 0.29) is 37.1 Å². The summed E-state index contributed by atoms with van der Waals surface area (Å²) in [4.78, 5) is 55.6. The Bertz CT molecular complexity index is 1580. The van der Waals surface area contributed by atoms with E-state index in [4.69, 9.17) is 25.8 Å². The molecule has 3 N–H and O–H groups in total. The Morgan fingerprint density at radius 1 is 1.00 bits per heavy atom. The van der Waals surface area contributed by atoms with Crippen LogP contribution >= 0.6 is 11.6 Å². The summed E-state index contributed by atoms with van der Waals surface area (Å²) in [5.74, 6) is -0.0798. The van der Waals surface area contributed by atoms with E-state index in [9.17, 15) is 19.2 Å². The van der Waals surface area contributed by atoms with Gasteiger partial charge in [0, 0.05) is 11.6 Å². The fraction of sp³-hybridized carbons (Fsp3) is 0.389. The summed E-state index contributed by atoms with van der Waals surface area (Å²) in [6, 6.07) is 18.1. The number of hydrogen-bond acceptors (Lipinski definition) is 7. The lowest BCUT2D eigenvalue weighted by atomic mass is 10.0. The first-order valence-electron chi connectivity index (χ1n) is 16.1. The van der Waals surface area contributed by atoms with Crippen molar-refractivity contribution >= 4 is 35.2 Å². The number of amides is 4. The number of halogens is 1. The fourth-order valence-corrected chi connectivity index (χ4v) is 5.36. The highest BCUT2D eigenvalue weighted by molar-refractivity contribution is 6.30. The summed E-state index contributed by atoms with van der Waals surface area (Å²) < 4.78 is 17.9. The molecule has 12 heteroatoms. The van der Waals surface area contributed by atoms with Gasteiger partial charge in [-0.2, -0.15) is 0 Å². The quantitative estimate of drug-likeness (QED) is 0.275. The van der Waals surface area contributed by atoms with Crippen LogP contribution in [0.3, 0.4) is 0 Å². The summed E-state index contributed by atoms with van der Waals surface area (Å²) in [6.45, 7) is 8.40. The zero-order valence-electron chi connectivity index (χ0n) is 27.7. The maximum Gasteiger partial charge on any atom is 0.255 e. The highest BCUT2D eigenvalue weighted by Gasteiger charge is 2.31. The molecular weight excluding hydrogens is 636 g/mol. The zero-order chi connectivity index (χ0) is 34.6. The first kappa shape index (κ1) is 36.1. The van der Waals surface area contributed by atoms with Crippen molar-refractivity contribution in [2.45, 2.75) is 58.7 Å². The van der Waals surface area contributed by atoms with Crippen LogP contribution in [0, 0.1) is 5.92 Å². The summed E-state index contributed by atoms with van der Waals surface area (Å²) in [6.07, 6.45) is 0.0172. The molecule has 1 aliphatic rings. The lowest BCUT2D eigenvalue weighted by molar-refractivity contribution is -0.137. The van der Waals surface area contributed by atoms with E-state index >= 15 is 0 Å². The van der Waals surface area contributed by atoms with Gasteiger partial charge in [0.25, 0.3) is 5.91 Å². The molecule has 1 heterocycles. The lowest BCUT2D eigenvalue weighted by Crippen LogP contribution is -2.54. The molecule has 0 unspecified atom stereocenters. The summed E-state index contributed by atoms with van der Waals surface area (Å²) >= 11 is 6.09. The van der Waals surface area contributed by atoms with Crippen molar-refractivity contribution in [3.05, 3.63) is 83.4 Å². The smallest absolute Gasteiger partial charge is 0.255 e. The number of carbonyl (C=O) groups is 4. The van der Waals surface area contributed by atoms with Crippen LogP contribution in [-0.4, -0.2) is 73.0 Å². The Labute approximate surface area is 286 Å². The van der Waals surface area contributed by atoms with E-state index in [1.165, 1.54) is 0 Å². The van der Waals surface area contributed by atoms with Gasteiger partial charge in [0.05, 0.1) is 24.6 Å². The summed E-state index contributed by atoms with van der Waals surface area (Å²) in [5, 5.41) is 8.89. The minimum Gasteiger partial charge on any atom is -0.491 e. The maximum absolute atomic E-state index is 13.6. The van der Waals surface area contributed by atoms with Crippen molar-refractivity contribution in [2.75, 3.05) is 26.3 Å². The largest absolute Gasteiger partial charge is 0.491 e. The maximum atomic E-state index is 13.6. The Morgan fingerprint density at radius 2 is 1.73 bits per heavy atom. The second-order valence-electron chi connectivity index (χ2n) is 12.0. The molecule has 0 aromatic heterocycles. The first-order chi connectivity index (χ1) is 23.0. The van der Waals surface area contributed by atoms with Crippen LogP contribution < -0.4 is 30.2 Å². The SMILES string of the molecule is CCN1CCOc2ccccc2C(=O)N[C@H](C(=O)N[C@H](C)COc2ccccc2Oc2cccc(Cl)c2)CC(=O)N[C@H](CC(C)C)C1=O. The molecule has 0 spiro atoms. The minimum atomic E-state index is -1.26. The monoisotopic (exact) mass is 678 g/mol. The molecule has 256 valence electrons. The van der Waals surface area contributed by atoms with E-state index < -0.39 is 42.3 Å². The Hall–Kier alpha value is -4.77. The molecule has 0 saturated heterocycles. The van der Waals surface area contributed by atoms with E-state index in [2.05, 4.69) is 16.0 Å². The van der Waals surface area contributed by atoms with Crippen molar-refractivity contribution in [3.63, 3.8) is 0 Å². The van der Waals surface area contributed by atoms with Gasteiger partial charge in [0.2, 0.25) is 17.7 Å². The molecule has 4 amide bonds. The van der Waals surface area contributed by atoms with Crippen LogP contribution in [-0.2, 0) is 14.4 Å². The molecule has 0 bridgehead atoms. The van der Waals surface area contributed by atoms with Crippen molar-refractivity contribution in [2.24, 2.45) is 5.92 Å². The van der Waals surface area contributed by atoms with Crippen LogP contribution in [0.2, 0.25) is 5.02 Å². The third-order valence-electron chi connectivity index (χ3n) is 7.55. The predicted octanol–water partition coefficient (Wildman–Crippen LogP) is 4.98. The highest BCUT2D eigenvalue weighted by atomic mass is 35.5. The van der Waals surface area contributed by atoms with Crippen molar-refractivity contribution in [1.29, 1.82) is 0 Å². The molecule has 3 aromatic rings. The number of carbonyl (C=O) groups excluding carboxylic acids is 4. The van der Waals surface area contributed by atoms with Gasteiger partial charge in [0.1, 0.15) is 36.8 Å². The van der Waals surface area contributed by atoms with Crippen LogP contribution in [0.1, 0.15) is 50.9 Å². The van der Waals surface area contributed by atoms with Crippen molar-refractivity contribution in [3.8, 4) is 23.0 Å². The predicted molar refractivity (Wildman–Crippen MR) is 183 cm³/mol. The molecule has 1 aliphatic heterocycles. The van der Waals surface area contributed by atoms with Crippen LogP contribution in [0.25, 0.3) is 0 Å². The third kappa shape index (κ3) is 10.4. The van der Waals surface area contributed by atoms with E-state index in [0.29, 0.717) is 41.0 Å². The molecule has 0 saturated carbocycles. The molecule has 48 heavy (non-hydrogen) atoms. The van der Waals surface area contributed by atoms with Gasteiger partial charge >= 0.3 is 0 Å². The number of benzene rings is 3. The highest BCUT2D eigenvalue weighted by Crippen LogP contribution is 2.32. The third-order valence-corrected chi connectivity index (χ3v) is 7.78. The molecule has 0 fully saturated rings. The number of ether oxygens (including phenoxy) is 3. The van der Waals surface area contributed by atoms with E-state index in [1.807, 2.05) is 20.8 Å². The fourth-order valence-electron chi connectivity index (χ4n) is 5.18. The molecule has 4 rings (SSSR count). The minimum absolute atomic E-state index is 0.0585. The number of nitrogens with one attached hydrogen (secondary N) is 3. The molecular formula is C36H43ClN4O7. The normalized spacial score (nSPS) is 18.0. The number of nitrogens with zero attached hydrogens (tertiary/aromatic N) is 1. The molecule has 3 aromatic carbocycles. The van der Waals surface area contributed by atoms with Crippen molar-refractivity contribution < 1.29 is 33.4 Å². The topological polar surface area (TPSA) is 135 Å². The van der Waals surface area contributed by atoms with Crippen LogP contribution in [0.5, 0.6) is 23.0 Å². The Morgan fingerprint density at radius 3 is 2.46 bits per heavy atom. The van der Waals surface area contributed by atoms with E-state index in [1.54, 1.807) is 84.6 Å². The van der Waals surface area contributed by atoms with Gasteiger partial charge in [-0.25, -0.2) is 0 Å². The van der Waals surface area contributed by atoms with E-state index in [0.717, 1.165) is 0 Å². The summed E-state index contributed by atoms with van der Waals surface area (Å²) in [5.41, 5.74) is 0.201. The number of para-hydroxylation sites is 3. The first-order valence-corrected chi connectivity index (χ1v) is 16.5. The van der Waals surface area contributed by atoms with Gasteiger partial charge in [-0.15, -0.1) is 0 Å². The van der Waals surface area contributed by atoms with Gasteiger partial charge in [-0.1, -0.05) is 55.8 Å². The van der Waals surface area contributed by atoms with Crippen LogP contribution in [0.4, 0.5) is 0 Å². The van der Waals surface area contributed by atoms with Crippen molar-refractivity contribution in [1.82, 2.24) is 20.9 Å². The van der Waals surface area contributed by atoms with Gasteiger partial charge in [-0.05, 0) is 68.7 Å². The number of fused-ring (bicyclic) bond motifs is 1. The molecule has 3 atom stereocenters. The second kappa shape index (κ2) is 17.4. The number of hydrogen-bond donors (Lipinski definition) is 3. The summed E-state index contributed by atoms with van der Waals surface area (Å²) in [7, 11) is 0. The average molecular weight is 679 g/mol. The van der Waals surface area contributed by atoms with Gasteiger partial charge in [0.15, 0.2) is 11.5 Å². The Balaban J connectivity index is 1.50. The number of rotatable bonds is 10. The average Bonchev–Trinajstić information content (AvgIpc) is 3.05. The molecule has 0 radical (unpaired) electrons. The lowest BCUT2D eigenvalue weighted by Gasteiger charge is -2.29. The van der Waals surface area contributed by atoms with Crippen LogP contribution in [0.15, 0.2) is 72.8 Å². The standard InChI is InChI=1S/C36H43ClN4O7/c1-5-41-17-18-46-30-14-7-6-13-27(30)34(43)40-28(21-33(42)39-29(36(41)45)19-23(2)3)35(44)38-24(4)22-47-31-15-8-9-16-32(31)48-26-12-10-11-25(37)20-26/h6-16,20,23-24,28-29H,5,17-19,21-22H2,1-4H3,(H,38,44)(H,39,42)(H,40,43)/t24-,28+,29-/m1/s1. The van der Waals surface area contributed by atoms with Gasteiger partial charge in [-0.3, -0.25) is 19.2 Å². The Kier molecular flexibility index (Phi) is 13.1. The number of likely N-dealkylation sites (N-methyl/N-ethyl adjacent to an activating group) is 1. The second-order valence-corrected chi connectivity index (χ2v) is 12.4. The molecule has 0 aliphatic carbocycles. The zero-order valence-corrected chi connectivity index (χ0v) is 28.4. The van der Waals surface area contributed by atoms with Gasteiger partial charge < -0.3 is 35.1 Å².